The molecule has 23 heavy (non-hydrogen) atoms. The van der Waals surface area contributed by atoms with E-state index in [1.165, 1.54) is 11.1 Å². The molecule has 0 atom stereocenters. The average Bonchev–Trinajstić information content (AvgIpc) is 3.01. The van der Waals surface area contributed by atoms with Gasteiger partial charge in [-0.25, -0.2) is 4.68 Å². The van der Waals surface area contributed by atoms with Crippen molar-refractivity contribution < 1.29 is 0 Å². The van der Waals surface area contributed by atoms with Gasteiger partial charge >= 0.3 is 0 Å². The number of nitrogens with one attached hydrogen (secondary N) is 1. The molecule has 0 amide bonds. The monoisotopic (exact) mass is 303 g/mol. The summed E-state index contributed by atoms with van der Waals surface area (Å²) in [6.45, 7) is 5.92. The Labute approximate surface area is 137 Å². The number of nitrogens with zero attached hydrogens (tertiary/aromatic N) is 2. The fraction of sp³-hybridized carbons (Fsp3) is 0.150. The number of para-hydroxylation sites is 1. The second-order valence-electron chi connectivity index (χ2n) is 5.46. The molecule has 3 aromatic rings. The van der Waals surface area contributed by atoms with Gasteiger partial charge in [0.15, 0.2) is 5.82 Å². The fourth-order valence-electron chi connectivity index (χ4n) is 2.70. The maximum absolute atomic E-state index is 4.66. The molecule has 0 radical (unpaired) electrons. The second-order valence-corrected chi connectivity index (χ2v) is 5.46. The van der Waals surface area contributed by atoms with Crippen molar-refractivity contribution in [3.8, 4) is 16.9 Å². The maximum Gasteiger partial charge on any atom is 0.153 e. The largest absolute Gasteiger partial charge is 0.346 e. The van der Waals surface area contributed by atoms with Crippen molar-refractivity contribution >= 4 is 5.82 Å². The first-order valence-electron chi connectivity index (χ1n) is 7.94. The molecule has 0 unspecified atom stereocenters. The molecule has 3 nitrogen and oxygen atoms in total. The summed E-state index contributed by atoms with van der Waals surface area (Å²) in [7, 11) is 0. The number of hydrogen-bond acceptors (Lipinski definition) is 2. The third kappa shape index (κ3) is 3.34. The Morgan fingerprint density at radius 1 is 1.09 bits per heavy atom. The van der Waals surface area contributed by atoms with Crippen LogP contribution in [0.5, 0.6) is 0 Å². The van der Waals surface area contributed by atoms with Crippen molar-refractivity contribution in [3.05, 3.63) is 79.0 Å². The number of rotatable bonds is 6. The zero-order valence-electron chi connectivity index (χ0n) is 13.4. The SMILES string of the molecule is C=CNc1cc(-c2cccc(CCC)c2)n(-c2ccccc2)n1. The van der Waals surface area contributed by atoms with Crippen LogP contribution in [0.25, 0.3) is 16.9 Å². The van der Waals surface area contributed by atoms with Crippen LogP contribution in [0.4, 0.5) is 5.82 Å². The lowest BCUT2D eigenvalue weighted by atomic mass is 10.0. The third-order valence-electron chi connectivity index (χ3n) is 3.72. The van der Waals surface area contributed by atoms with E-state index in [4.69, 9.17) is 0 Å². The van der Waals surface area contributed by atoms with Gasteiger partial charge in [-0.15, -0.1) is 5.10 Å². The van der Waals surface area contributed by atoms with Crippen molar-refractivity contribution in [1.82, 2.24) is 9.78 Å². The minimum atomic E-state index is 0.791. The van der Waals surface area contributed by atoms with Gasteiger partial charge in [0.05, 0.1) is 11.4 Å². The quantitative estimate of drug-likeness (QED) is 0.691. The number of benzene rings is 2. The van der Waals surface area contributed by atoms with E-state index in [2.05, 4.69) is 66.4 Å². The van der Waals surface area contributed by atoms with E-state index >= 15 is 0 Å². The molecule has 0 aliphatic rings. The minimum absolute atomic E-state index is 0.791. The van der Waals surface area contributed by atoms with E-state index in [9.17, 15) is 0 Å². The van der Waals surface area contributed by atoms with Crippen LogP contribution in [0.2, 0.25) is 0 Å². The lowest BCUT2D eigenvalue weighted by Crippen LogP contribution is -1.99. The Morgan fingerprint density at radius 3 is 2.65 bits per heavy atom. The highest BCUT2D eigenvalue weighted by Gasteiger charge is 2.11. The van der Waals surface area contributed by atoms with E-state index in [1.807, 2.05) is 22.9 Å². The molecular formula is C20H21N3. The zero-order chi connectivity index (χ0) is 16.1. The fourth-order valence-corrected chi connectivity index (χ4v) is 2.70. The summed E-state index contributed by atoms with van der Waals surface area (Å²) >= 11 is 0. The molecule has 0 aliphatic carbocycles. The van der Waals surface area contributed by atoms with Crippen LogP contribution < -0.4 is 5.32 Å². The third-order valence-corrected chi connectivity index (χ3v) is 3.72. The Kier molecular flexibility index (Phi) is 4.57. The number of anilines is 1. The predicted molar refractivity (Wildman–Crippen MR) is 96.8 cm³/mol. The van der Waals surface area contributed by atoms with Gasteiger partial charge in [-0.3, -0.25) is 0 Å². The number of aryl methyl sites for hydroxylation is 1. The molecule has 116 valence electrons. The highest BCUT2D eigenvalue weighted by Crippen LogP contribution is 2.27. The molecule has 0 aliphatic heterocycles. The molecule has 3 rings (SSSR count). The lowest BCUT2D eigenvalue weighted by molar-refractivity contribution is 0.889. The first-order chi connectivity index (χ1) is 11.3. The second kappa shape index (κ2) is 6.97. The minimum Gasteiger partial charge on any atom is -0.346 e. The van der Waals surface area contributed by atoms with Gasteiger partial charge in [-0.1, -0.05) is 56.3 Å². The molecular weight excluding hydrogens is 282 g/mol. The van der Waals surface area contributed by atoms with Crippen LogP contribution in [0, 0.1) is 0 Å². The van der Waals surface area contributed by atoms with E-state index in [-0.39, 0.29) is 0 Å². The van der Waals surface area contributed by atoms with E-state index < -0.39 is 0 Å². The van der Waals surface area contributed by atoms with Crippen LogP contribution in [-0.4, -0.2) is 9.78 Å². The average molecular weight is 303 g/mol. The summed E-state index contributed by atoms with van der Waals surface area (Å²) in [5.41, 5.74) is 4.63. The van der Waals surface area contributed by atoms with Crippen molar-refractivity contribution in [2.24, 2.45) is 0 Å². The molecule has 0 fully saturated rings. The number of hydrogen-bond donors (Lipinski definition) is 1. The van der Waals surface area contributed by atoms with Crippen molar-refractivity contribution in [3.63, 3.8) is 0 Å². The summed E-state index contributed by atoms with van der Waals surface area (Å²) in [5, 5.41) is 7.74. The van der Waals surface area contributed by atoms with Crippen molar-refractivity contribution in [1.29, 1.82) is 0 Å². The highest BCUT2D eigenvalue weighted by molar-refractivity contribution is 5.67. The van der Waals surface area contributed by atoms with Gasteiger partial charge in [0, 0.05) is 11.6 Å². The van der Waals surface area contributed by atoms with E-state index in [0.29, 0.717) is 0 Å². The molecule has 1 aromatic heterocycles. The summed E-state index contributed by atoms with van der Waals surface area (Å²) in [6.07, 6.45) is 3.88. The highest BCUT2D eigenvalue weighted by atomic mass is 15.3. The Bertz CT molecular complexity index is 788. The van der Waals surface area contributed by atoms with E-state index in [0.717, 1.165) is 30.0 Å². The van der Waals surface area contributed by atoms with E-state index in [1.54, 1.807) is 6.20 Å². The zero-order valence-corrected chi connectivity index (χ0v) is 13.4. The first kappa shape index (κ1) is 15.1. The molecule has 3 heteroatoms. The van der Waals surface area contributed by atoms with Crippen molar-refractivity contribution in [2.45, 2.75) is 19.8 Å². The molecule has 2 aromatic carbocycles. The summed E-state index contributed by atoms with van der Waals surface area (Å²) in [6, 6.07) is 20.9. The van der Waals surface area contributed by atoms with Gasteiger partial charge in [-0.05, 0) is 36.4 Å². The Hall–Kier alpha value is -2.81. The van der Waals surface area contributed by atoms with Gasteiger partial charge in [0.1, 0.15) is 0 Å². The van der Waals surface area contributed by atoms with Gasteiger partial charge in [0.2, 0.25) is 0 Å². The molecule has 0 spiro atoms. The van der Waals surface area contributed by atoms with Crippen molar-refractivity contribution in [2.75, 3.05) is 5.32 Å². The predicted octanol–water partition coefficient (Wildman–Crippen LogP) is 5.05. The number of aromatic nitrogens is 2. The van der Waals surface area contributed by atoms with Gasteiger partial charge < -0.3 is 5.32 Å². The summed E-state index contributed by atoms with van der Waals surface area (Å²) in [5.74, 6) is 0.791. The van der Waals surface area contributed by atoms with Crippen LogP contribution in [0.15, 0.2) is 73.4 Å². The lowest BCUT2D eigenvalue weighted by Gasteiger charge is -2.08. The van der Waals surface area contributed by atoms with Crippen LogP contribution >= 0.6 is 0 Å². The van der Waals surface area contributed by atoms with Gasteiger partial charge in [-0.2, -0.15) is 0 Å². The van der Waals surface area contributed by atoms with Gasteiger partial charge in [0.25, 0.3) is 0 Å². The normalized spacial score (nSPS) is 10.5. The van der Waals surface area contributed by atoms with Crippen LogP contribution in [0.1, 0.15) is 18.9 Å². The topological polar surface area (TPSA) is 29.9 Å². The Balaban J connectivity index is 2.10. The molecule has 1 heterocycles. The standard InChI is InChI=1S/C20H21N3/c1-3-9-16-10-8-11-17(14-16)19-15-20(21-4-2)22-23(19)18-12-6-5-7-13-18/h4-8,10-15H,2-3,9H2,1H3,(H,21,22). The summed E-state index contributed by atoms with van der Waals surface area (Å²) < 4.78 is 1.97. The smallest absolute Gasteiger partial charge is 0.153 e. The Morgan fingerprint density at radius 2 is 1.91 bits per heavy atom. The first-order valence-corrected chi connectivity index (χ1v) is 7.94. The molecule has 0 bridgehead atoms. The molecule has 0 saturated heterocycles. The summed E-state index contributed by atoms with van der Waals surface area (Å²) in [4.78, 5) is 0. The maximum atomic E-state index is 4.66. The van der Waals surface area contributed by atoms with Crippen LogP contribution in [0.3, 0.4) is 0 Å². The molecule has 0 saturated carbocycles. The molecule has 1 N–H and O–H groups in total. The van der Waals surface area contributed by atoms with Crippen LogP contribution in [-0.2, 0) is 6.42 Å².